The normalized spacial score (nSPS) is 11.0. The molecular weight excluding hydrogens is 336 g/mol. The first kappa shape index (κ1) is 17.2. The van der Waals surface area contributed by atoms with Gasteiger partial charge in [0.2, 0.25) is 0 Å². The van der Waals surface area contributed by atoms with Crippen LogP contribution in [-0.4, -0.2) is 26.6 Å². The van der Waals surface area contributed by atoms with Crippen molar-refractivity contribution in [3.8, 4) is 0 Å². The molecule has 0 radical (unpaired) electrons. The summed E-state index contributed by atoms with van der Waals surface area (Å²) in [4.78, 5) is 11.6. The molecule has 0 aliphatic rings. The molecular formula is C22H22N4O. The highest BCUT2D eigenvalue weighted by molar-refractivity contribution is 5.83. The first-order valence-corrected chi connectivity index (χ1v) is 9.10. The fourth-order valence-electron chi connectivity index (χ4n) is 3.26. The Hall–Kier alpha value is -3.18. The Labute approximate surface area is 158 Å². The zero-order valence-corrected chi connectivity index (χ0v) is 15.0. The van der Waals surface area contributed by atoms with Gasteiger partial charge in [-0.25, -0.2) is 9.97 Å². The van der Waals surface area contributed by atoms with Crippen molar-refractivity contribution in [2.24, 2.45) is 0 Å². The molecule has 136 valence electrons. The Morgan fingerprint density at radius 2 is 1.78 bits per heavy atom. The van der Waals surface area contributed by atoms with Gasteiger partial charge >= 0.3 is 0 Å². The second-order valence-electron chi connectivity index (χ2n) is 6.57. The number of benzene rings is 2. The summed E-state index contributed by atoms with van der Waals surface area (Å²) in [5, 5.41) is 14.0. The third-order valence-corrected chi connectivity index (χ3v) is 4.68. The first-order valence-electron chi connectivity index (χ1n) is 9.10. The van der Waals surface area contributed by atoms with Gasteiger partial charge in [-0.05, 0) is 41.8 Å². The smallest absolute Gasteiger partial charge is 0.116 e. The molecule has 4 rings (SSSR count). The number of nitrogens with one attached hydrogen (secondary N) is 2. The zero-order chi connectivity index (χ0) is 18.5. The lowest BCUT2D eigenvalue weighted by Gasteiger charge is -2.08. The van der Waals surface area contributed by atoms with Crippen molar-refractivity contribution >= 4 is 16.6 Å². The number of hydrogen-bond donors (Lipinski definition) is 3. The highest BCUT2D eigenvalue weighted by Crippen LogP contribution is 2.18. The van der Waals surface area contributed by atoms with Gasteiger partial charge in [0.1, 0.15) is 6.33 Å². The van der Waals surface area contributed by atoms with E-state index in [9.17, 15) is 5.11 Å². The lowest BCUT2D eigenvalue weighted by Crippen LogP contribution is -2.04. The molecule has 2 aromatic carbocycles. The van der Waals surface area contributed by atoms with E-state index < -0.39 is 0 Å². The van der Waals surface area contributed by atoms with Crippen LogP contribution in [0.15, 0.2) is 67.1 Å². The van der Waals surface area contributed by atoms with E-state index in [0.29, 0.717) is 5.69 Å². The lowest BCUT2D eigenvalue weighted by atomic mass is 10.1. The van der Waals surface area contributed by atoms with Gasteiger partial charge in [0.15, 0.2) is 0 Å². The van der Waals surface area contributed by atoms with Gasteiger partial charge in [-0.2, -0.15) is 0 Å². The fourth-order valence-corrected chi connectivity index (χ4v) is 3.26. The van der Waals surface area contributed by atoms with Crippen molar-refractivity contribution in [2.45, 2.75) is 19.4 Å². The molecule has 0 saturated heterocycles. The Kier molecular flexibility index (Phi) is 5.12. The topological polar surface area (TPSA) is 73.8 Å². The minimum Gasteiger partial charge on any atom is -0.390 e. The predicted molar refractivity (Wildman–Crippen MR) is 108 cm³/mol. The maximum Gasteiger partial charge on any atom is 0.116 e. The van der Waals surface area contributed by atoms with Gasteiger partial charge in [-0.15, -0.1) is 0 Å². The molecule has 0 amide bonds. The van der Waals surface area contributed by atoms with Crippen LogP contribution < -0.4 is 5.32 Å². The van der Waals surface area contributed by atoms with Gasteiger partial charge in [-0.1, -0.05) is 30.3 Å². The average Bonchev–Trinajstić information content (AvgIpc) is 3.13. The number of nitrogens with zero attached hydrogens (tertiary/aromatic N) is 2. The van der Waals surface area contributed by atoms with E-state index in [2.05, 4.69) is 75.0 Å². The van der Waals surface area contributed by atoms with Crippen LogP contribution in [0.2, 0.25) is 0 Å². The summed E-state index contributed by atoms with van der Waals surface area (Å²) >= 11 is 0. The second kappa shape index (κ2) is 8.01. The van der Waals surface area contributed by atoms with Crippen LogP contribution in [0.5, 0.6) is 0 Å². The number of aliphatic hydroxyl groups is 1. The van der Waals surface area contributed by atoms with Crippen LogP contribution in [0, 0.1) is 0 Å². The monoisotopic (exact) mass is 358 g/mol. The van der Waals surface area contributed by atoms with Gasteiger partial charge in [0.25, 0.3) is 0 Å². The number of para-hydroxylation sites is 1. The molecule has 0 aliphatic carbocycles. The van der Waals surface area contributed by atoms with Crippen molar-refractivity contribution in [2.75, 3.05) is 11.9 Å². The van der Waals surface area contributed by atoms with Crippen LogP contribution in [0.1, 0.15) is 22.5 Å². The van der Waals surface area contributed by atoms with Crippen molar-refractivity contribution in [1.29, 1.82) is 0 Å². The number of aliphatic hydroxyl groups excluding tert-OH is 1. The number of fused-ring (bicyclic) bond motifs is 1. The molecule has 0 spiro atoms. The third kappa shape index (κ3) is 4.15. The average molecular weight is 358 g/mol. The van der Waals surface area contributed by atoms with Crippen LogP contribution >= 0.6 is 0 Å². The van der Waals surface area contributed by atoms with E-state index >= 15 is 0 Å². The van der Waals surface area contributed by atoms with Crippen LogP contribution in [0.3, 0.4) is 0 Å². The summed E-state index contributed by atoms with van der Waals surface area (Å²) in [6, 6.07) is 18.6. The van der Waals surface area contributed by atoms with Crippen molar-refractivity contribution in [3.05, 3.63) is 89.6 Å². The summed E-state index contributed by atoms with van der Waals surface area (Å²) in [5.41, 5.74) is 6.37. The van der Waals surface area contributed by atoms with E-state index in [1.165, 1.54) is 28.4 Å². The second-order valence-corrected chi connectivity index (χ2v) is 6.57. The molecule has 0 aliphatic heterocycles. The largest absolute Gasteiger partial charge is 0.390 e. The molecule has 0 atom stereocenters. The van der Waals surface area contributed by atoms with Crippen molar-refractivity contribution in [3.63, 3.8) is 0 Å². The Balaban J connectivity index is 1.34. The van der Waals surface area contributed by atoms with E-state index in [-0.39, 0.29) is 6.61 Å². The molecule has 5 heteroatoms. The predicted octanol–water partition coefficient (Wildman–Crippen LogP) is 3.70. The molecule has 0 saturated carbocycles. The minimum atomic E-state index is -0.0607. The van der Waals surface area contributed by atoms with Gasteiger partial charge < -0.3 is 15.4 Å². The van der Waals surface area contributed by atoms with Gasteiger partial charge in [-0.3, -0.25) is 0 Å². The summed E-state index contributed by atoms with van der Waals surface area (Å²) < 4.78 is 0. The molecule has 3 N–H and O–H groups in total. The standard InChI is InChI=1S/C22H22N4O/c27-14-20-12-19(25-15-26-20)11-16-5-7-18(8-6-16)23-10-9-17-13-24-22-4-2-1-3-21(17)22/h1-8,12-13,15,23-24,27H,9-11,14H2. The number of aromatic nitrogens is 3. The molecule has 2 aromatic heterocycles. The quantitative estimate of drug-likeness (QED) is 0.471. The molecule has 2 heterocycles. The number of anilines is 1. The molecule has 0 fully saturated rings. The third-order valence-electron chi connectivity index (χ3n) is 4.68. The summed E-state index contributed by atoms with van der Waals surface area (Å²) in [6.07, 6.45) is 5.29. The van der Waals surface area contributed by atoms with Crippen molar-refractivity contribution < 1.29 is 5.11 Å². The lowest BCUT2D eigenvalue weighted by molar-refractivity contribution is 0.276. The van der Waals surface area contributed by atoms with E-state index in [1.807, 2.05) is 6.07 Å². The summed E-state index contributed by atoms with van der Waals surface area (Å²) in [6.45, 7) is 0.821. The highest BCUT2D eigenvalue weighted by atomic mass is 16.3. The molecule has 0 bridgehead atoms. The molecule has 4 aromatic rings. The Morgan fingerprint density at radius 1 is 0.963 bits per heavy atom. The SMILES string of the molecule is OCc1cc(Cc2ccc(NCCc3c[nH]c4ccccc34)cc2)ncn1. The molecule has 0 unspecified atom stereocenters. The summed E-state index contributed by atoms with van der Waals surface area (Å²) in [7, 11) is 0. The van der Waals surface area contributed by atoms with Gasteiger partial charge in [0, 0.05) is 41.4 Å². The first-order chi connectivity index (χ1) is 13.3. The summed E-state index contributed by atoms with van der Waals surface area (Å²) in [5.74, 6) is 0. The maximum atomic E-state index is 9.17. The number of hydrogen-bond acceptors (Lipinski definition) is 4. The number of H-pyrrole nitrogens is 1. The molecule has 5 nitrogen and oxygen atoms in total. The zero-order valence-electron chi connectivity index (χ0n) is 15.0. The number of rotatable bonds is 7. The Bertz CT molecular complexity index is 1020. The highest BCUT2D eigenvalue weighted by Gasteiger charge is 2.03. The van der Waals surface area contributed by atoms with Crippen LogP contribution in [-0.2, 0) is 19.4 Å². The van der Waals surface area contributed by atoms with Gasteiger partial charge in [0.05, 0.1) is 12.3 Å². The van der Waals surface area contributed by atoms with Crippen LogP contribution in [0.25, 0.3) is 10.9 Å². The van der Waals surface area contributed by atoms with Crippen LogP contribution in [0.4, 0.5) is 5.69 Å². The van der Waals surface area contributed by atoms with Crippen molar-refractivity contribution in [1.82, 2.24) is 15.0 Å². The number of aromatic amines is 1. The minimum absolute atomic E-state index is 0.0607. The maximum absolute atomic E-state index is 9.17. The Morgan fingerprint density at radius 3 is 2.63 bits per heavy atom. The van der Waals surface area contributed by atoms with E-state index in [4.69, 9.17) is 0 Å². The fraction of sp³-hybridized carbons (Fsp3) is 0.182. The van der Waals surface area contributed by atoms with E-state index in [0.717, 1.165) is 30.8 Å². The molecule has 27 heavy (non-hydrogen) atoms. The van der Waals surface area contributed by atoms with E-state index in [1.54, 1.807) is 0 Å².